The van der Waals surface area contributed by atoms with Gasteiger partial charge in [-0.2, -0.15) is 0 Å². The van der Waals surface area contributed by atoms with Crippen molar-refractivity contribution in [3.8, 4) is 0 Å². The van der Waals surface area contributed by atoms with E-state index >= 15 is 0 Å². The summed E-state index contributed by atoms with van der Waals surface area (Å²) in [6.45, 7) is 14.6. The van der Waals surface area contributed by atoms with E-state index in [9.17, 15) is 14.4 Å². The molecule has 0 spiro atoms. The van der Waals surface area contributed by atoms with Crippen LogP contribution in [-0.4, -0.2) is 112 Å². The summed E-state index contributed by atoms with van der Waals surface area (Å²) in [4.78, 5) is 41.0. The van der Waals surface area contributed by atoms with Gasteiger partial charge in [-0.3, -0.25) is 14.4 Å². The molecule has 0 bridgehead atoms. The van der Waals surface area contributed by atoms with Crippen LogP contribution in [-0.2, 0) is 14.4 Å². The average Bonchev–Trinajstić information content (AvgIpc) is 2.87. The van der Waals surface area contributed by atoms with E-state index in [1.54, 1.807) is 0 Å². The van der Waals surface area contributed by atoms with E-state index in [1.165, 1.54) is 37.8 Å². The Balaban J connectivity index is 3.54. The van der Waals surface area contributed by atoms with Crippen molar-refractivity contribution >= 4 is 17.7 Å². The minimum absolute atomic E-state index is 0.0935. The Morgan fingerprint density at radius 2 is 0.917 bits per heavy atom. The first-order valence-corrected chi connectivity index (χ1v) is 13.4. The summed E-state index contributed by atoms with van der Waals surface area (Å²) in [7, 11) is 6.27. The third-order valence-electron chi connectivity index (χ3n) is 5.99. The molecule has 0 atom stereocenters. The van der Waals surface area contributed by atoms with E-state index in [0.29, 0.717) is 32.6 Å². The molecule has 0 rings (SSSR count). The molecule has 0 aliphatic carbocycles. The van der Waals surface area contributed by atoms with Crippen LogP contribution in [0.4, 0.5) is 0 Å². The van der Waals surface area contributed by atoms with Gasteiger partial charge in [0.15, 0.2) is 0 Å². The van der Waals surface area contributed by atoms with Crippen molar-refractivity contribution < 1.29 is 14.4 Å². The summed E-state index contributed by atoms with van der Waals surface area (Å²) in [5.74, 6) is -0.161. The Hall–Kier alpha value is -2.23. The van der Waals surface area contributed by atoms with Crippen molar-refractivity contribution in [1.29, 1.82) is 0 Å². The van der Waals surface area contributed by atoms with E-state index in [1.807, 2.05) is 7.05 Å². The lowest BCUT2D eigenvalue weighted by molar-refractivity contribution is -0.121. The highest BCUT2D eigenvalue weighted by Crippen LogP contribution is 2.03. The second-order valence-corrected chi connectivity index (χ2v) is 9.47. The molecule has 0 fully saturated rings. The molecule has 0 aliphatic rings. The molecule has 0 aliphatic heterocycles. The monoisotopic (exact) mass is 508 g/mol. The number of carbonyl (C=O) groups excluding carboxylic acids is 3. The van der Waals surface area contributed by atoms with Gasteiger partial charge in [0.25, 0.3) is 0 Å². The smallest absolute Gasteiger partial charge is 0.243 e. The Morgan fingerprint density at radius 3 is 1.33 bits per heavy atom. The molecule has 0 saturated heterocycles. The summed E-state index contributed by atoms with van der Waals surface area (Å²) in [5.41, 5.74) is 0. The summed E-state index contributed by atoms with van der Waals surface area (Å²) in [6.07, 6.45) is 10.7. The Kier molecular flexibility index (Phi) is 21.7. The number of carbonyl (C=O) groups is 3. The second kappa shape index (κ2) is 23.2. The van der Waals surface area contributed by atoms with Crippen molar-refractivity contribution in [1.82, 2.24) is 30.7 Å². The predicted octanol–water partition coefficient (Wildman–Crippen LogP) is 1.62. The van der Waals surface area contributed by atoms with Crippen LogP contribution in [0.1, 0.15) is 51.4 Å². The first kappa shape index (κ1) is 33.8. The maximum Gasteiger partial charge on any atom is 0.243 e. The minimum atomic E-state index is -0.150. The second-order valence-electron chi connectivity index (χ2n) is 9.47. The zero-order chi connectivity index (χ0) is 27.0. The Bertz CT molecular complexity index is 629. The van der Waals surface area contributed by atoms with Gasteiger partial charge in [-0.25, -0.2) is 0 Å². The van der Waals surface area contributed by atoms with Gasteiger partial charge in [0.1, 0.15) is 0 Å². The molecule has 0 radical (unpaired) electrons. The highest BCUT2D eigenvalue weighted by atomic mass is 16.2. The van der Waals surface area contributed by atoms with Crippen molar-refractivity contribution in [3.63, 3.8) is 0 Å². The lowest BCUT2D eigenvalue weighted by Gasteiger charge is -2.18. The normalized spacial score (nSPS) is 11.1. The van der Waals surface area contributed by atoms with E-state index in [2.05, 4.69) is 57.9 Å². The van der Waals surface area contributed by atoms with Gasteiger partial charge in [0, 0.05) is 32.6 Å². The summed E-state index contributed by atoms with van der Waals surface area (Å²) < 4.78 is 0. The SMILES string of the molecule is C=CC(=O)NCCCN(C)CCCCCCN(C)CCCNC(=O)CCN(C)CCCNC(=O)C=C. The van der Waals surface area contributed by atoms with Gasteiger partial charge >= 0.3 is 0 Å². The highest BCUT2D eigenvalue weighted by molar-refractivity contribution is 5.87. The molecule has 0 saturated carbocycles. The molecular formula is C27H52N6O3. The first-order valence-electron chi connectivity index (χ1n) is 13.4. The fraction of sp³-hybridized carbons (Fsp3) is 0.741. The molecule has 9 nitrogen and oxygen atoms in total. The number of amides is 3. The Labute approximate surface area is 219 Å². The van der Waals surface area contributed by atoms with Crippen molar-refractivity contribution in [3.05, 3.63) is 25.3 Å². The zero-order valence-corrected chi connectivity index (χ0v) is 23.2. The molecule has 36 heavy (non-hydrogen) atoms. The van der Waals surface area contributed by atoms with Crippen LogP contribution in [0.15, 0.2) is 25.3 Å². The lowest BCUT2D eigenvalue weighted by Crippen LogP contribution is -2.32. The zero-order valence-electron chi connectivity index (χ0n) is 23.2. The number of nitrogens with one attached hydrogen (secondary N) is 3. The fourth-order valence-electron chi connectivity index (χ4n) is 3.68. The summed E-state index contributed by atoms with van der Waals surface area (Å²) >= 11 is 0. The molecule has 0 aromatic rings. The van der Waals surface area contributed by atoms with Crippen LogP contribution >= 0.6 is 0 Å². The maximum absolute atomic E-state index is 12.0. The van der Waals surface area contributed by atoms with Gasteiger partial charge in [0.2, 0.25) is 17.7 Å². The number of hydrogen-bond donors (Lipinski definition) is 3. The van der Waals surface area contributed by atoms with Crippen LogP contribution in [0.25, 0.3) is 0 Å². The van der Waals surface area contributed by atoms with E-state index in [0.717, 1.165) is 52.0 Å². The van der Waals surface area contributed by atoms with Gasteiger partial charge in [-0.15, -0.1) is 0 Å². The van der Waals surface area contributed by atoms with Crippen LogP contribution in [0.2, 0.25) is 0 Å². The van der Waals surface area contributed by atoms with Crippen LogP contribution in [0.3, 0.4) is 0 Å². The van der Waals surface area contributed by atoms with E-state index in [-0.39, 0.29) is 17.7 Å². The third kappa shape index (κ3) is 22.2. The maximum atomic E-state index is 12.0. The molecule has 0 aromatic carbocycles. The molecule has 3 amide bonds. The quantitative estimate of drug-likeness (QED) is 0.135. The van der Waals surface area contributed by atoms with E-state index in [4.69, 9.17) is 0 Å². The van der Waals surface area contributed by atoms with Gasteiger partial charge in [-0.1, -0.05) is 26.0 Å². The predicted molar refractivity (Wildman–Crippen MR) is 149 cm³/mol. The minimum Gasteiger partial charge on any atom is -0.356 e. The fourth-order valence-corrected chi connectivity index (χ4v) is 3.68. The van der Waals surface area contributed by atoms with Crippen molar-refractivity contribution in [2.45, 2.75) is 51.4 Å². The molecule has 0 aromatic heterocycles. The van der Waals surface area contributed by atoms with Crippen LogP contribution < -0.4 is 16.0 Å². The number of nitrogens with zero attached hydrogens (tertiary/aromatic N) is 3. The highest BCUT2D eigenvalue weighted by Gasteiger charge is 2.05. The number of rotatable bonds is 24. The van der Waals surface area contributed by atoms with E-state index < -0.39 is 0 Å². The van der Waals surface area contributed by atoms with Gasteiger partial charge in [-0.05, 0) is 98.1 Å². The van der Waals surface area contributed by atoms with Crippen molar-refractivity contribution in [2.75, 3.05) is 80.0 Å². The number of hydrogen-bond acceptors (Lipinski definition) is 6. The molecular weight excluding hydrogens is 456 g/mol. The molecule has 208 valence electrons. The number of unbranched alkanes of at least 4 members (excludes halogenated alkanes) is 3. The van der Waals surface area contributed by atoms with Gasteiger partial charge < -0.3 is 30.7 Å². The van der Waals surface area contributed by atoms with Crippen LogP contribution in [0, 0.1) is 0 Å². The molecule has 3 N–H and O–H groups in total. The first-order chi connectivity index (χ1) is 17.3. The molecule has 9 heteroatoms. The summed E-state index contributed by atoms with van der Waals surface area (Å²) in [6, 6.07) is 0. The Morgan fingerprint density at radius 1 is 0.556 bits per heavy atom. The van der Waals surface area contributed by atoms with Crippen LogP contribution in [0.5, 0.6) is 0 Å². The molecule has 0 heterocycles. The topological polar surface area (TPSA) is 97.0 Å². The largest absolute Gasteiger partial charge is 0.356 e. The third-order valence-corrected chi connectivity index (χ3v) is 5.99. The molecule has 0 unspecified atom stereocenters. The average molecular weight is 509 g/mol. The van der Waals surface area contributed by atoms with Gasteiger partial charge in [0.05, 0.1) is 0 Å². The van der Waals surface area contributed by atoms with Crippen molar-refractivity contribution in [2.24, 2.45) is 0 Å². The standard InChI is InChI=1S/C27H52N6O3/c1-6-25(34)28-16-12-21-31(3)19-10-8-9-11-20-32(4)22-14-18-30-27(36)15-24-33(5)23-13-17-29-26(35)7-2/h6-7H,1-2,8-24H2,3-5H3,(H,28,34)(H,29,35)(H,30,36). The summed E-state index contributed by atoms with van der Waals surface area (Å²) in [5, 5.41) is 8.57. The lowest BCUT2D eigenvalue weighted by atomic mass is 10.2.